The average molecular weight is 519 g/mol. The van der Waals surface area contributed by atoms with E-state index in [1.54, 1.807) is 60.1 Å². The topological polar surface area (TPSA) is 115 Å². The molecule has 186 valence electrons. The molecule has 1 fully saturated rings. The van der Waals surface area contributed by atoms with E-state index in [2.05, 4.69) is 24.9 Å². The van der Waals surface area contributed by atoms with E-state index in [9.17, 15) is 4.79 Å². The van der Waals surface area contributed by atoms with Crippen molar-refractivity contribution in [1.82, 2.24) is 29.5 Å². The van der Waals surface area contributed by atoms with Crippen LogP contribution in [0.1, 0.15) is 0 Å². The van der Waals surface area contributed by atoms with E-state index in [4.69, 9.17) is 22.1 Å². The van der Waals surface area contributed by atoms with Crippen molar-refractivity contribution in [2.24, 2.45) is 5.73 Å². The average Bonchev–Trinajstić information content (AvgIpc) is 3.34. The highest BCUT2D eigenvalue weighted by Gasteiger charge is 2.22. The Labute approximate surface area is 215 Å². The van der Waals surface area contributed by atoms with Gasteiger partial charge >= 0.3 is 12.0 Å². The molecule has 6 rings (SSSR count). The van der Waals surface area contributed by atoms with E-state index in [0.717, 1.165) is 10.9 Å². The Morgan fingerprint density at radius 2 is 1.76 bits per heavy atom. The molecule has 0 radical (unpaired) electrons. The molecule has 0 aliphatic carbocycles. The minimum Gasteiger partial charge on any atom is -0.424 e. The molecule has 0 atom stereocenters. The number of urea groups is 1. The number of rotatable bonds is 4. The number of imidazole rings is 1. The van der Waals surface area contributed by atoms with Gasteiger partial charge < -0.3 is 20.4 Å². The maximum Gasteiger partial charge on any atom is 0.321 e. The highest BCUT2D eigenvalue weighted by atomic mass is 35.5. The minimum absolute atomic E-state index is 0.182. The summed E-state index contributed by atoms with van der Waals surface area (Å²) in [4.78, 5) is 30.1. The van der Waals surface area contributed by atoms with Crippen LogP contribution < -0.4 is 15.5 Å². The lowest BCUT2D eigenvalue weighted by atomic mass is 10.0. The lowest BCUT2D eigenvalue weighted by Gasteiger charge is -2.35. The summed E-state index contributed by atoms with van der Waals surface area (Å²) in [5.74, 6) is -0.0270. The fourth-order valence-corrected chi connectivity index (χ4v) is 4.75. The molecule has 10 nitrogen and oxygen atoms in total. The molecule has 3 aromatic heterocycles. The number of halogens is 2. The van der Waals surface area contributed by atoms with Crippen LogP contribution in [0.4, 0.5) is 9.18 Å². The molecule has 0 bridgehead atoms. The monoisotopic (exact) mass is 518 g/mol. The van der Waals surface area contributed by atoms with Crippen LogP contribution in [0.5, 0.6) is 11.8 Å². The number of carbonyl (C=O) groups excluding carboxylic acids is 1. The molecule has 5 aromatic rings. The molecule has 0 unspecified atom stereocenters. The van der Waals surface area contributed by atoms with Crippen LogP contribution in [0.15, 0.2) is 61.3 Å². The van der Waals surface area contributed by atoms with Gasteiger partial charge in [-0.2, -0.15) is 0 Å². The van der Waals surface area contributed by atoms with Gasteiger partial charge in [-0.1, -0.05) is 11.6 Å². The van der Waals surface area contributed by atoms with Crippen molar-refractivity contribution in [2.45, 2.75) is 0 Å². The fraction of sp³-hybridized carbons (Fsp3) is 0.160. The molecule has 1 saturated heterocycles. The van der Waals surface area contributed by atoms with Crippen molar-refractivity contribution in [3.63, 3.8) is 0 Å². The SMILES string of the molecule is NC(=O)N1CCN(n2cnc3cnc4cc(F)c(-c5ccc(Oc6ncccn6)cc5Cl)cc4c32)CC1. The highest BCUT2D eigenvalue weighted by molar-refractivity contribution is 6.33. The molecule has 1 aliphatic heterocycles. The molecule has 1 aliphatic rings. The minimum atomic E-state index is -0.456. The number of fused-ring (bicyclic) bond motifs is 3. The van der Waals surface area contributed by atoms with Gasteiger partial charge in [-0.05, 0) is 24.3 Å². The molecule has 37 heavy (non-hydrogen) atoms. The van der Waals surface area contributed by atoms with Crippen LogP contribution in [0.3, 0.4) is 0 Å². The summed E-state index contributed by atoms with van der Waals surface area (Å²) in [5.41, 5.74) is 8.19. The Bertz CT molecular complexity index is 1640. The van der Waals surface area contributed by atoms with Crippen molar-refractivity contribution in [2.75, 3.05) is 31.2 Å². The van der Waals surface area contributed by atoms with Crippen LogP contribution in [-0.2, 0) is 0 Å². The third-order valence-electron chi connectivity index (χ3n) is 6.30. The van der Waals surface area contributed by atoms with Crippen molar-refractivity contribution in [1.29, 1.82) is 0 Å². The normalized spacial score (nSPS) is 13.9. The number of primary amides is 1. The molecular weight excluding hydrogens is 499 g/mol. The number of amides is 2. The summed E-state index contributed by atoms with van der Waals surface area (Å²) in [6.07, 6.45) is 6.47. The second-order valence-electron chi connectivity index (χ2n) is 8.48. The van der Waals surface area contributed by atoms with Crippen molar-refractivity contribution in [3.8, 4) is 22.9 Å². The Kier molecular flexibility index (Phi) is 5.68. The molecular formula is C25H20ClFN8O2. The number of nitrogens with zero attached hydrogens (tertiary/aromatic N) is 7. The fourth-order valence-electron chi connectivity index (χ4n) is 4.47. The molecule has 2 N–H and O–H groups in total. The quantitative estimate of drug-likeness (QED) is 0.383. The summed E-state index contributed by atoms with van der Waals surface area (Å²) in [7, 11) is 0. The van der Waals surface area contributed by atoms with Gasteiger partial charge in [-0.25, -0.2) is 28.8 Å². The van der Waals surface area contributed by atoms with E-state index in [1.807, 2.05) is 4.68 Å². The number of carbonyl (C=O) groups is 1. The summed E-state index contributed by atoms with van der Waals surface area (Å²) >= 11 is 6.57. The Hall–Kier alpha value is -4.51. The van der Waals surface area contributed by atoms with Gasteiger partial charge in [0, 0.05) is 54.1 Å². The third-order valence-corrected chi connectivity index (χ3v) is 6.61. The molecule has 12 heteroatoms. The zero-order chi connectivity index (χ0) is 25.5. The van der Waals surface area contributed by atoms with Gasteiger partial charge in [0.1, 0.15) is 28.9 Å². The van der Waals surface area contributed by atoms with Gasteiger partial charge in [-0.3, -0.25) is 4.98 Å². The maximum absolute atomic E-state index is 15.3. The third kappa shape index (κ3) is 4.23. The number of benzene rings is 2. The number of pyridine rings is 1. The van der Waals surface area contributed by atoms with E-state index >= 15 is 4.39 Å². The van der Waals surface area contributed by atoms with Crippen molar-refractivity contribution < 1.29 is 13.9 Å². The van der Waals surface area contributed by atoms with E-state index in [0.29, 0.717) is 59.1 Å². The zero-order valence-electron chi connectivity index (χ0n) is 19.4. The van der Waals surface area contributed by atoms with E-state index in [1.165, 1.54) is 6.07 Å². The smallest absolute Gasteiger partial charge is 0.321 e. The number of nitrogens with two attached hydrogens (primary N) is 1. The number of ether oxygens (including phenoxy) is 1. The standard InChI is InChI=1S/C25H20ClFN8O2/c26-19-10-15(37-25-29-4-1-5-30-25)2-3-16(19)17-11-18-21(12-20(17)27)31-13-22-23(18)35(14-32-22)34-8-6-33(7-9-34)24(28)36/h1-5,10-14H,6-9H2,(H2,28,36). The van der Waals surface area contributed by atoms with E-state index < -0.39 is 11.8 Å². The van der Waals surface area contributed by atoms with Gasteiger partial charge in [0.05, 0.1) is 29.8 Å². The first-order valence-electron chi connectivity index (χ1n) is 11.5. The highest BCUT2D eigenvalue weighted by Crippen LogP contribution is 2.36. The van der Waals surface area contributed by atoms with Crippen LogP contribution in [0.2, 0.25) is 5.02 Å². The molecule has 2 amide bonds. The Balaban J connectivity index is 1.40. The molecule has 0 saturated carbocycles. The van der Waals surface area contributed by atoms with Crippen molar-refractivity contribution in [3.05, 3.63) is 72.2 Å². The first-order chi connectivity index (χ1) is 18.0. The van der Waals surface area contributed by atoms with Gasteiger partial charge in [0.25, 0.3) is 0 Å². The van der Waals surface area contributed by atoms with Crippen LogP contribution >= 0.6 is 11.6 Å². The largest absolute Gasteiger partial charge is 0.424 e. The predicted octanol–water partition coefficient (Wildman–Crippen LogP) is 3.96. The Morgan fingerprint density at radius 1 is 0.973 bits per heavy atom. The number of aromatic nitrogens is 5. The second kappa shape index (κ2) is 9.17. The summed E-state index contributed by atoms with van der Waals surface area (Å²) < 4.78 is 22.9. The number of hydrogen-bond donors (Lipinski definition) is 1. The number of hydrogen-bond acceptors (Lipinski definition) is 7. The summed E-state index contributed by atoms with van der Waals surface area (Å²) in [6, 6.07) is 9.53. The second-order valence-corrected chi connectivity index (χ2v) is 8.89. The first kappa shape index (κ1) is 22.9. The maximum atomic E-state index is 15.3. The van der Waals surface area contributed by atoms with Gasteiger partial charge in [0.15, 0.2) is 0 Å². The molecule has 4 heterocycles. The van der Waals surface area contributed by atoms with Crippen LogP contribution in [-0.4, -0.2) is 61.7 Å². The molecule has 0 spiro atoms. The first-order valence-corrected chi connectivity index (χ1v) is 11.9. The molecule has 2 aromatic carbocycles. The predicted molar refractivity (Wildman–Crippen MR) is 137 cm³/mol. The Morgan fingerprint density at radius 3 is 2.49 bits per heavy atom. The van der Waals surface area contributed by atoms with Gasteiger partial charge in [-0.15, -0.1) is 0 Å². The van der Waals surface area contributed by atoms with E-state index in [-0.39, 0.29) is 6.01 Å². The summed E-state index contributed by atoms with van der Waals surface area (Å²) in [6.45, 7) is 2.14. The van der Waals surface area contributed by atoms with Crippen molar-refractivity contribution >= 4 is 39.6 Å². The van der Waals surface area contributed by atoms with Crippen LogP contribution in [0, 0.1) is 5.82 Å². The van der Waals surface area contributed by atoms with Gasteiger partial charge in [0.2, 0.25) is 0 Å². The zero-order valence-corrected chi connectivity index (χ0v) is 20.1. The summed E-state index contributed by atoms with van der Waals surface area (Å²) in [5, 5.41) is 3.10. The number of piperazine rings is 1. The lowest BCUT2D eigenvalue weighted by Crippen LogP contribution is -2.53. The van der Waals surface area contributed by atoms with Crippen LogP contribution in [0.25, 0.3) is 33.1 Å². The lowest BCUT2D eigenvalue weighted by molar-refractivity contribution is 0.200.